The summed E-state index contributed by atoms with van der Waals surface area (Å²) in [5.74, 6) is 0.178. The third-order valence-corrected chi connectivity index (χ3v) is 5.54. The lowest BCUT2D eigenvalue weighted by molar-refractivity contribution is -0.138. The molecule has 2 aromatic rings. The predicted octanol–water partition coefficient (Wildman–Crippen LogP) is 2.74. The molecule has 0 aliphatic heterocycles. The van der Waals surface area contributed by atoms with Crippen LogP contribution in [0.15, 0.2) is 36.5 Å². The maximum absolute atomic E-state index is 12.3. The van der Waals surface area contributed by atoms with E-state index in [1.54, 1.807) is 6.20 Å². The Morgan fingerprint density at radius 3 is 2.86 bits per heavy atom. The molecule has 0 bridgehead atoms. The minimum absolute atomic E-state index is 0.139. The molecule has 1 saturated carbocycles. The van der Waals surface area contributed by atoms with E-state index < -0.39 is 16.8 Å². The molecule has 1 atom stereocenters. The number of carbonyl (C=O) groups is 1. The van der Waals surface area contributed by atoms with E-state index in [4.69, 9.17) is 5.11 Å². The van der Waals surface area contributed by atoms with E-state index in [0.717, 1.165) is 29.3 Å². The van der Waals surface area contributed by atoms with Crippen LogP contribution in [0.3, 0.4) is 0 Å². The Hall–Kier alpha value is -1.75. The first kappa shape index (κ1) is 14.2. The summed E-state index contributed by atoms with van der Waals surface area (Å²) in [6.45, 7) is 0. The van der Waals surface area contributed by atoms with E-state index >= 15 is 0 Å². The highest BCUT2D eigenvalue weighted by atomic mass is 32.2. The van der Waals surface area contributed by atoms with Crippen molar-refractivity contribution < 1.29 is 14.1 Å². The van der Waals surface area contributed by atoms with Gasteiger partial charge in [-0.15, -0.1) is 0 Å². The molecule has 0 spiro atoms. The monoisotopic (exact) mass is 303 g/mol. The Labute approximate surface area is 125 Å². The fraction of sp³-hybridized carbons (Fsp3) is 0.375. The molecule has 1 fully saturated rings. The molecule has 3 rings (SSSR count). The molecule has 1 N–H and O–H groups in total. The first-order valence-electron chi connectivity index (χ1n) is 6.97. The van der Waals surface area contributed by atoms with Crippen molar-refractivity contribution >= 4 is 27.7 Å². The summed E-state index contributed by atoms with van der Waals surface area (Å²) in [6.07, 6.45) is 3.66. The van der Waals surface area contributed by atoms with Crippen LogP contribution < -0.4 is 0 Å². The molecular formula is C16H17NO3S. The van der Waals surface area contributed by atoms with Gasteiger partial charge in [0.2, 0.25) is 0 Å². The number of aromatic nitrogens is 1. The normalized spacial score (nSPS) is 17.5. The number of nitrogens with zero attached hydrogens (tertiary/aromatic N) is 1. The lowest BCUT2D eigenvalue weighted by Crippen LogP contribution is -2.17. The van der Waals surface area contributed by atoms with Crippen LogP contribution >= 0.6 is 0 Å². The van der Waals surface area contributed by atoms with Crippen LogP contribution in [0.5, 0.6) is 0 Å². The van der Waals surface area contributed by atoms with E-state index in [2.05, 4.69) is 4.98 Å². The molecule has 5 heteroatoms. The molecule has 110 valence electrons. The van der Waals surface area contributed by atoms with E-state index in [-0.39, 0.29) is 11.8 Å². The van der Waals surface area contributed by atoms with Gasteiger partial charge in [-0.05, 0) is 42.0 Å². The van der Waals surface area contributed by atoms with Gasteiger partial charge in [0.1, 0.15) is 0 Å². The average Bonchev–Trinajstić information content (AvgIpc) is 3.16. The zero-order chi connectivity index (χ0) is 14.9. The standard InChI is InChI=1S/C16H17NO3S/c18-15(19)9-16(5-6-16)11-21(20)10-12-3-4-14-13(8-12)2-1-7-17-14/h1-4,7-8H,5-6,9-11H2,(H,18,19). The van der Waals surface area contributed by atoms with Crippen LogP contribution in [-0.4, -0.2) is 26.0 Å². The third kappa shape index (κ3) is 3.47. The highest BCUT2D eigenvalue weighted by Crippen LogP contribution is 2.49. The molecular weight excluding hydrogens is 286 g/mol. The lowest BCUT2D eigenvalue weighted by atomic mass is 10.1. The first-order chi connectivity index (χ1) is 10.1. The van der Waals surface area contributed by atoms with Gasteiger partial charge in [0.15, 0.2) is 0 Å². The van der Waals surface area contributed by atoms with Crippen LogP contribution in [0.25, 0.3) is 10.9 Å². The zero-order valence-corrected chi connectivity index (χ0v) is 12.4. The van der Waals surface area contributed by atoms with Crippen LogP contribution in [0.2, 0.25) is 0 Å². The summed E-state index contributed by atoms with van der Waals surface area (Å²) >= 11 is 0. The second-order valence-corrected chi connectivity index (χ2v) is 7.29. The molecule has 1 aliphatic carbocycles. The summed E-state index contributed by atoms with van der Waals surface area (Å²) < 4.78 is 12.3. The van der Waals surface area contributed by atoms with Crippen molar-refractivity contribution in [3.05, 3.63) is 42.1 Å². The molecule has 21 heavy (non-hydrogen) atoms. The molecule has 1 heterocycles. The summed E-state index contributed by atoms with van der Waals surface area (Å²) in [7, 11) is -1.02. The topological polar surface area (TPSA) is 67.3 Å². The van der Waals surface area contributed by atoms with Gasteiger partial charge in [0.05, 0.1) is 11.9 Å². The second kappa shape index (κ2) is 5.56. The van der Waals surface area contributed by atoms with E-state index in [9.17, 15) is 9.00 Å². The number of rotatable bonds is 6. The second-order valence-electron chi connectivity index (χ2n) is 5.83. The number of pyridine rings is 1. The van der Waals surface area contributed by atoms with Gasteiger partial charge in [0, 0.05) is 33.9 Å². The van der Waals surface area contributed by atoms with Crippen LogP contribution in [0, 0.1) is 5.41 Å². The van der Waals surface area contributed by atoms with Gasteiger partial charge in [-0.1, -0.05) is 12.1 Å². The summed E-state index contributed by atoms with van der Waals surface area (Å²) in [4.78, 5) is 15.1. The summed E-state index contributed by atoms with van der Waals surface area (Å²) in [5.41, 5.74) is 1.73. The summed E-state index contributed by atoms with van der Waals surface area (Å²) in [5, 5.41) is 9.94. The maximum atomic E-state index is 12.3. The number of fused-ring (bicyclic) bond motifs is 1. The van der Waals surface area contributed by atoms with E-state index in [0.29, 0.717) is 11.5 Å². The molecule has 0 saturated heterocycles. The van der Waals surface area contributed by atoms with Gasteiger partial charge >= 0.3 is 5.97 Å². The smallest absolute Gasteiger partial charge is 0.303 e. The number of hydrogen-bond donors (Lipinski definition) is 1. The minimum atomic E-state index is -1.02. The highest BCUT2D eigenvalue weighted by molar-refractivity contribution is 7.84. The van der Waals surface area contributed by atoms with Gasteiger partial charge in [-0.3, -0.25) is 14.0 Å². The summed E-state index contributed by atoms with van der Waals surface area (Å²) in [6, 6.07) is 9.77. The van der Waals surface area contributed by atoms with Crippen molar-refractivity contribution in [2.24, 2.45) is 5.41 Å². The van der Waals surface area contributed by atoms with Crippen molar-refractivity contribution in [3.63, 3.8) is 0 Å². The van der Waals surface area contributed by atoms with Gasteiger partial charge < -0.3 is 5.11 Å². The Balaban J connectivity index is 1.67. The Bertz CT molecular complexity index is 709. The molecule has 1 aromatic heterocycles. The van der Waals surface area contributed by atoms with Crippen molar-refractivity contribution in [1.29, 1.82) is 0 Å². The van der Waals surface area contributed by atoms with Crippen LogP contribution in [-0.2, 0) is 21.3 Å². The molecule has 1 unspecified atom stereocenters. The number of carboxylic acids is 1. The maximum Gasteiger partial charge on any atom is 0.303 e. The SMILES string of the molecule is O=C(O)CC1(CS(=O)Cc2ccc3ncccc3c2)CC1. The fourth-order valence-electron chi connectivity index (χ4n) is 2.66. The highest BCUT2D eigenvalue weighted by Gasteiger charge is 2.45. The fourth-order valence-corrected chi connectivity index (χ4v) is 4.39. The van der Waals surface area contributed by atoms with Gasteiger partial charge in [-0.2, -0.15) is 0 Å². The first-order valence-corrected chi connectivity index (χ1v) is 8.46. The lowest BCUT2D eigenvalue weighted by Gasteiger charge is -2.12. The Kier molecular flexibility index (Phi) is 3.76. The number of hydrogen-bond acceptors (Lipinski definition) is 3. The molecule has 4 nitrogen and oxygen atoms in total. The quantitative estimate of drug-likeness (QED) is 0.891. The van der Waals surface area contributed by atoms with E-state index in [1.807, 2.05) is 30.3 Å². The molecule has 0 amide bonds. The zero-order valence-electron chi connectivity index (χ0n) is 11.6. The largest absolute Gasteiger partial charge is 0.481 e. The van der Waals surface area contributed by atoms with Crippen LogP contribution in [0.1, 0.15) is 24.8 Å². The van der Waals surface area contributed by atoms with Crippen molar-refractivity contribution in [2.45, 2.75) is 25.0 Å². The molecule has 1 aromatic carbocycles. The van der Waals surface area contributed by atoms with Gasteiger partial charge in [0.25, 0.3) is 0 Å². The molecule has 0 radical (unpaired) electrons. The molecule has 1 aliphatic rings. The van der Waals surface area contributed by atoms with Gasteiger partial charge in [-0.25, -0.2) is 0 Å². The Morgan fingerprint density at radius 1 is 1.33 bits per heavy atom. The Morgan fingerprint density at radius 2 is 2.14 bits per heavy atom. The van der Waals surface area contributed by atoms with E-state index in [1.165, 1.54) is 0 Å². The van der Waals surface area contributed by atoms with Crippen LogP contribution in [0.4, 0.5) is 0 Å². The number of carboxylic acid groups (broad SMARTS) is 1. The average molecular weight is 303 g/mol. The number of aliphatic carboxylic acids is 1. The minimum Gasteiger partial charge on any atom is -0.481 e. The third-order valence-electron chi connectivity index (χ3n) is 3.95. The number of benzene rings is 1. The van der Waals surface area contributed by atoms with Crippen molar-refractivity contribution in [2.75, 3.05) is 5.75 Å². The van der Waals surface area contributed by atoms with Crippen molar-refractivity contribution in [1.82, 2.24) is 4.98 Å². The predicted molar refractivity (Wildman–Crippen MR) is 82.4 cm³/mol. The van der Waals surface area contributed by atoms with Crippen molar-refractivity contribution in [3.8, 4) is 0 Å².